The summed E-state index contributed by atoms with van der Waals surface area (Å²) in [5.41, 5.74) is 22.0. The lowest BCUT2D eigenvalue weighted by molar-refractivity contribution is -0.142. The number of aliphatic carboxylic acids is 2. The highest BCUT2D eigenvalue weighted by atomic mass is 16.4. The zero-order valence-electron chi connectivity index (χ0n) is 31.9. The minimum atomic E-state index is -1.53. The van der Waals surface area contributed by atoms with Crippen molar-refractivity contribution in [3.63, 3.8) is 0 Å². The van der Waals surface area contributed by atoms with Crippen molar-refractivity contribution in [3.8, 4) is 5.75 Å². The second-order valence-corrected chi connectivity index (χ2v) is 13.7. The van der Waals surface area contributed by atoms with Gasteiger partial charge in [-0.25, -0.2) is 4.79 Å². The van der Waals surface area contributed by atoms with Gasteiger partial charge in [-0.05, 0) is 48.8 Å². The molecule has 56 heavy (non-hydrogen) atoms. The number of carboxylic acids is 2. The van der Waals surface area contributed by atoms with E-state index in [9.17, 15) is 48.6 Å². The first-order chi connectivity index (χ1) is 26.2. The molecule has 0 heterocycles. The van der Waals surface area contributed by atoms with Crippen molar-refractivity contribution in [2.24, 2.45) is 39.8 Å². The van der Waals surface area contributed by atoms with E-state index < -0.39 is 102 Å². The highest BCUT2D eigenvalue weighted by Gasteiger charge is 2.35. The SMILES string of the molecule is CC[C@H](C)[C@H](NC(=O)[C@@H](NC(=O)[C@H](CCCN=C(N)N)NC(=O)[C@@H](N)CC(=O)O)C(C)C)C(=O)N[C@@H](Cc1ccc(O)cc1)C(=O)N[C@@H](CCC(N)=O)C(=O)O. The van der Waals surface area contributed by atoms with E-state index in [0.717, 1.165) is 0 Å². The summed E-state index contributed by atoms with van der Waals surface area (Å²) >= 11 is 0. The first-order valence-electron chi connectivity index (χ1n) is 18.0. The Morgan fingerprint density at radius 1 is 0.714 bits per heavy atom. The van der Waals surface area contributed by atoms with Crippen LogP contribution < -0.4 is 49.5 Å². The minimum absolute atomic E-state index is 0.0335. The van der Waals surface area contributed by atoms with Crippen molar-refractivity contribution in [1.82, 2.24) is 26.6 Å². The van der Waals surface area contributed by atoms with Gasteiger partial charge in [0.1, 0.15) is 36.0 Å². The van der Waals surface area contributed by atoms with Crippen LogP contribution in [-0.4, -0.2) is 111 Å². The van der Waals surface area contributed by atoms with Gasteiger partial charge in [0.05, 0.1) is 12.5 Å². The predicted octanol–water partition coefficient (Wildman–Crippen LogP) is -2.73. The number of rotatable bonds is 25. The van der Waals surface area contributed by atoms with E-state index >= 15 is 0 Å². The molecule has 21 nitrogen and oxygen atoms in total. The van der Waals surface area contributed by atoms with Crippen LogP contribution in [0.25, 0.3) is 0 Å². The van der Waals surface area contributed by atoms with Crippen LogP contribution >= 0.6 is 0 Å². The molecule has 0 aliphatic heterocycles. The van der Waals surface area contributed by atoms with Gasteiger partial charge in [0.2, 0.25) is 35.4 Å². The Morgan fingerprint density at radius 2 is 1.25 bits per heavy atom. The van der Waals surface area contributed by atoms with Gasteiger partial charge in [0.15, 0.2) is 5.96 Å². The Morgan fingerprint density at radius 3 is 1.77 bits per heavy atom. The molecule has 1 aromatic carbocycles. The standard InChI is InChI=1S/C35H56N10O11/c1-5-18(4)28(33(54)43-24(15-19-8-10-20(46)11-9-19)31(52)42-23(34(55)56)12-13-25(37)47)45-32(53)27(17(2)3)44-30(51)22(7-6-14-40-35(38)39)41-29(50)21(36)16-26(48)49/h8-11,17-18,21-24,27-28,46H,5-7,12-16,36H2,1-4H3,(H2,37,47)(H,41,50)(H,42,52)(H,43,54)(H,44,51)(H,45,53)(H,48,49)(H,55,56)(H4,38,39,40)/t18-,21-,22-,23-,24-,27-,28-/m0/s1. The lowest BCUT2D eigenvalue weighted by atomic mass is 9.95. The minimum Gasteiger partial charge on any atom is -0.508 e. The number of hydrogen-bond donors (Lipinski definition) is 12. The Labute approximate surface area is 324 Å². The van der Waals surface area contributed by atoms with Crippen molar-refractivity contribution < 1.29 is 53.7 Å². The van der Waals surface area contributed by atoms with Gasteiger partial charge in [-0.15, -0.1) is 0 Å². The number of nitrogens with one attached hydrogen (secondary N) is 5. The van der Waals surface area contributed by atoms with E-state index in [-0.39, 0.29) is 50.4 Å². The number of benzene rings is 1. The molecule has 6 amide bonds. The molecule has 0 aliphatic rings. The van der Waals surface area contributed by atoms with Crippen LogP contribution in [0.1, 0.15) is 71.8 Å². The number of amides is 6. The average Bonchev–Trinajstić information content (AvgIpc) is 3.11. The number of primary amides is 1. The molecule has 16 N–H and O–H groups in total. The summed E-state index contributed by atoms with van der Waals surface area (Å²) in [4.78, 5) is 106. The Balaban J connectivity index is 3.37. The van der Waals surface area contributed by atoms with Gasteiger partial charge >= 0.3 is 11.9 Å². The zero-order chi connectivity index (χ0) is 42.7. The molecule has 21 heteroatoms. The summed E-state index contributed by atoms with van der Waals surface area (Å²) in [6, 6.07) is -2.57. The third kappa shape index (κ3) is 17.4. The number of carbonyl (C=O) groups excluding carboxylic acids is 6. The van der Waals surface area contributed by atoms with Crippen molar-refractivity contribution in [1.29, 1.82) is 0 Å². The molecule has 0 aromatic heterocycles. The molecule has 0 saturated carbocycles. The maximum atomic E-state index is 13.9. The van der Waals surface area contributed by atoms with Crippen molar-refractivity contribution in [3.05, 3.63) is 29.8 Å². The highest BCUT2D eigenvalue weighted by molar-refractivity contribution is 5.97. The Hall–Kier alpha value is -5.99. The fraction of sp³-hybridized carbons (Fsp3) is 0.571. The second-order valence-electron chi connectivity index (χ2n) is 13.7. The van der Waals surface area contributed by atoms with E-state index in [4.69, 9.17) is 28.0 Å². The lowest BCUT2D eigenvalue weighted by Crippen LogP contribution is -2.61. The van der Waals surface area contributed by atoms with Crippen LogP contribution in [0.5, 0.6) is 5.75 Å². The number of carbonyl (C=O) groups is 8. The largest absolute Gasteiger partial charge is 0.508 e. The number of phenolic OH excluding ortho intramolecular Hbond substituents is 1. The van der Waals surface area contributed by atoms with Gasteiger partial charge in [-0.1, -0.05) is 46.2 Å². The zero-order valence-corrected chi connectivity index (χ0v) is 31.9. The van der Waals surface area contributed by atoms with E-state index in [1.165, 1.54) is 24.3 Å². The average molecular weight is 793 g/mol. The molecule has 7 atom stereocenters. The van der Waals surface area contributed by atoms with Crippen LogP contribution in [0.3, 0.4) is 0 Å². The first-order valence-corrected chi connectivity index (χ1v) is 18.0. The predicted molar refractivity (Wildman–Crippen MR) is 202 cm³/mol. The molecule has 0 fully saturated rings. The van der Waals surface area contributed by atoms with Gasteiger partial charge in [-0.2, -0.15) is 0 Å². The summed E-state index contributed by atoms with van der Waals surface area (Å²) in [7, 11) is 0. The normalized spacial score (nSPS) is 14.7. The molecule has 1 rings (SSSR count). The van der Waals surface area contributed by atoms with Gasteiger partial charge in [0.25, 0.3) is 0 Å². The molecular weight excluding hydrogens is 736 g/mol. The number of phenols is 1. The number of carboxylic acid groups (broad SMARTS) is 2. The first kappa shape index (κ1) is 48.0. The number of hydrogen-bond acceptors (Lipinski definition) is 11. The smallest absolute Gasteiger partial charge is 0.326 e. The maximum absolute atomic E-state index is 13.9. The quantitative estimate of drug-likeness (QED) is 0.0272. The lowest BCUT2D eigenvalue weighted by Gasteiger charge is -2.30. The number of aromatic hydroxyl groups is 1. The number of nitrogens with zero attached hydrogens (tertiary/aromatic N) is 1. The number of aliphatic imine (C=N–C) groups is 1. The molecule has 0 spiro atoms. The molecule has 1 aromatic rings. The van der Waals surface area contributed by atoms with E-state index in [0.29, 0.717) is 12.0 Å². The fourth-order valence-electron chi connectivity index (χ4n) is 5.22. The topological polar surface area (TPSA) is 374 Å². The third-order valence-corrected chi connectivity index (χ3v) is 8.65. The molecular formula is C35H56N10O11. The van der Waals surface area contributed by atoms with Crippen molar-refractivity contribution in [2.45, 2.75) is 109 Å². The molecule has 0 bridgehead atoms. The maximum Gasteiger partial charge on any atom is 0.326 e. The summed E-state index contributed by atoms with van der Waals surface area (Å²) in [6.07, 6.45) is -1.02. The molecule has 312 valence electrons. The second kappa shape index (κ2) is 23.7. The molecule has 0 unspecified atom stereocenters. The molecule has 0 radical (unpaired) electrons. The van der Waals surface area contributed by atoms with Gasteiger partial charge in [-0.3, -0.25) is 38.6 Å². The number of guanidine groups is 1. The summed E-state index contributed by atoms with van der Waals surface area (Å²) in [5.74, 6) is -9.23. The van der Waals surface area contributed by atoms with Crippen LogP contribution in [0, 0.1) is 11.8 Å². The van der Waals surface area contributed by atoms with Crippen molar-refractivity contribution in [2.75, 3.05) is 6.54 Å². The van der Waals surface area contributed by atoms with Gasteiger partial charge < -0.3 is 64.8 Å². The van der Waals surface area contributed by atoms with Crippen LogP contribution in [0.4, 0.5) is 0 Å². The monoisotopic (exact) mass is 792 g/mol. The van der Waals surface area contributed by atoms with Crippen LogP contribution in [0.2, 0.25) is 0 Å². The Kier molecular flexibility index (Phi) is 20.3. The summed E-state index contributed by atoms with van der Waals surface area (Å²) in [5, 5.41) is 41.0. The molecule has 0 saturated heterocycles. The van der Waals surface area contributed by atoms with Crippen LogP contribution in [-0.2, 0) is 44.8 Å². The molecule has 0 aliphatic carbocycles. The van der Waals surface area contributed by atoms with Gasteiger partial charge in [0, 0.05) is 19.4 Å². The van der Waals surface area contributed by atoms with E-state index in [1.54, 1.807) is 27.7 Å². The number of nitrogens with two attached hydrogens (primary N) is 4. The Bertz CT molecular complexity index is 1570. The summed E-state index contributed by atoms with van der Waals surface area (Å²) in [6.45, 7) is 6.73. The van der Waals surface area contributed by atoms with Crippen LogP contribution in [0.15, 0.2) is 29.3 Å². The van der Waals surface area contributed by atoms with E-state index in [2.05, 4.69) is 31.6 Å². The fourth-order valence-corrected chi connectivity index (χ4v) is 5.22. The highest BCUT2D eigenvalue weighted by Crippen LogP contribution is 2.15. The van der Waals surface area contributed by atoms with E-state index in [1.807, 2.05) is 0 Å². The summed E-state index contributed by atoms with van der Waals surface area (Å²) < 4.78 is 0. The van der Waals surface area contributed by atoms with Crippen molar-refractivity contribution >= 4 is 53.3 Å². The third-order valence-electron chi connectivity index (χ3n) is 8.65.